The number of rotatable bonds is 6. The van der Waals surface area contributed by atoms with Crippen molar-refractivity contribution in [1.82, 2.24) is 25.5 Å². The predicted molar refractivity (Wildman–Crippen MR) is 94.0 cm³/mol. The highest BCUT2D eigenvalue weighted by Crippen LogP contribution is 2.13. The SMILES string of the molecule is CCn1nnc(NC(=S)NC(=O)c2ccc(OCC(C)C)cc2)n1. The van der Waals surface area contributed by atoms with Crippen molar-refractivity contribution in [3.8, 4) is 5.75 Å². The molecule has 0 radical (unpaired) electrons. The molecule has 0 aliphatic carbocycles. The minimum atomic E-state index is -0.328. The zero-order valence-corrected chi connectivity index (χ0v) is 14.6. The molecule has 1 heterocycles. The van der Waals surface area contributed by atoms with Gasteiger partial charge in [-0.1, -0.05) is 18.9 Å². The number of anilines is 1. The van der Waals surface area contributed by atoms with Gasteiger partial charge < -0.3 is 4.74 Å². The molecule has 0 saturated carbocycles. The Bertz CT molecular complexity index is 698. The van der Waals surface area contributed by atoms with Gasteiger partial charge >= 0.3 is 0 Å². The summed E-state index contributed by atoms with van der Waals surface area (Å²) in [6.45, 7) is 7.26. The van der Waals surface area contributed by atoms with Gasteiger partial charge in [0.1, 0.15) is 5.75 Å². The van der Waals surface area contributed by atoms with Crippen molar-refractivity contribution in [2.24, 2.45) is 5.92 Å². The molecule has 8 nitrogen and oxygen atoms in total. The lowest BCUT2D eigenvalue weighted by molar-refractivity contribution is 0.0977. The Morgan fingerprint density at radius 3 is 2.62 bits per heavy atom. The molecule has 2 aromatic rings. The van der Waals surface area contributed by atoms with Crippen LogP contribution in [0.2, 0.25) is 0 Å². The number of amides is 1. The highest BCUT2D eigenvalue weighted by molar-refractivity contribution is 7.80. The number of hydrogen-bond acceptors (Lipinski definition) is 6. The molecule has 24 heavy (non-hydrogen) atoms. The molecule has 0 unspecified atom stereocenters. The first-order valence-electron chi connectivity index (χ1n) is 7.61. The van der Waals surface area contributed by atoms with Crippen LogP contribution in [0.3, 0.4) is 0 Å². The lowest BCUT2D eigenvalue weighted by Gasteiger charge is -2.10. The molecule has 0 bridgehead atoms. The number of aromatic nitrogens is 4. The molecule has 128 valence electrons. The fourth-order valence-corrected chi connectivity index (χ4v) is 1.88. The number of thiocarbonyl (C=S) groups is 1. The van der Waals surface area contributed by atoms with Crippen molar-refractivity contribution in [3.63, 3.8) is 0 Å². The van der Waals surface area contributed by atoms with Crippen LogP contribution >= 0.6 is 12.2 Å². The number of ether oxygens (including phenoxy) is 1. The minimum Gasteiger partial charge on any atom is -0.493 e. The van der Waals surface area contributed by atoms with Crippen LogP contribution in [0.1, 0.15) is 31.1 Å². The zero-order chi connectivity index (χ0) is 17.5. The van der Waals surface area contributed by atoms with E-state index in [4.69, 9.17) is 17.0 Å². The smallest absolute Gasteiger partial charge is 0.269 e. The monoisotopic (exact) mass is 348 g/mol. The lowest BCUT2D eigenvalue weighted by Crippen LogP contribution is -2.34. The normalized spacial score (nSPS) is 10.5. The third-order valence-electron chi connectivity index (χ3n) is 2.89. The van der Waals surface area contributed by atoms with Gasteiger partial charge in [-0.3, -0.25) is 15.4 Å². The van der Waals surface area contributed by atoms with Gasteiger partial charge in [-0.2, -0.15) is 4.80 Å². The van der Waals surface area contributed by atoms with Crippen LogP contribution in [0.4, 0.5) is 5.95 Å². The van der Waals surface area contributed by atoms with Gasteiger partial charge in [-0.05, 0) is 54.5 Å². The van der Waals surface area contributed by atoms with E-state index in [0.29, 0.717) is 24.6 Å². The Hall–Kier alpha value is -2.55. The molecule has 0 fully saturated rings. The third kappa shape index (κ3) is 5.27. The van der Waals surface area contributed by atoms with E-state index in [0.717, 1.165) is 5.75 Å². The van der Waals surface area contributed by atoms with E-state index in [1.54, 1.807) is 24.3 Å². The molecule has 1 aromatic heterocycles. The summed E-state index contributed by atoms with van der Waals surface area (Å²) >= 11 is 5.07. The second kappa shape index (κ2) is 8.34. The summed E-state index contributed by atoms with van der Waals surface area (Å²) in [6, 6.07) is 6.86. The molecule has 0 aliphatic rings. The van der Waals surface area contributed by atoms with E-state index in [9.17, 15) is 4.79 Å². The lowest BCUT2D eigenvalue weighted by atomic mass is 10.2. The topological polar surface area (TPSA) is 94.0 Å². The van der Waals surface area contributed by atoms with Crippen LogP contribution in [0, 0.1) is 5.92 Å². The molecule has 0 atom stereocenters. The number of carbonyl (C=O) groups excluding carboxylic acids is 1. The van der Waals surface area contributed by atoms with Crippen LogP contribution in [0.5, 0.6) is 5.75 Å². The van der Waals surface area contributed by atoms with E-state index < -0.39 is 0 Å². The number of carbonyl (C=O) groups is 1. The highest BCUT2D eigenvalue weighted by Gasteiger charge is 2.10. The maximum Gasteiger partial charge on any atom is 0.269 e. The Labute approximate surface area is 145 Å². The van der Waals surface area contributed by atoms with Crippen LogP contribution in [-0.2, 0) is 6.54 Å². The number of nitrogens with one attached hydrogen (secondary N) is 2. The van der Waals surface area contributed by atoms with Gasteiger partial charge in [-0.15, -0.1) is 5.10 Å². The van der Waals surface area contributed by atoms with Crippen LogP contribution in [-0.4, -0.2) is 37.8 Å². The van der Waals surface area contributed by atoms with E-state index >= 15 is 0 Å². The average molecular weight is 348 g/mol. The molecular weight excluding hydrogens is 328 g/mol. The van der Waals surface area contributed by atoms with E-state index in [2.05, 4.69) is 39.9 Å². The van der Waals surface area contributed by atoms with Crippen molar-refractivity contribution in [3.05, 3.63) is 29.8 Å². The molecule has 0 saturated heterocycles. The summed E-state index contributed by atoms with van der Waals surface area (Å²) < 4.78 is 5.58. The number of hydrogen-bond donors (Lipinski definition) is 2. The van der Waals surface area contributed by atoms with Gasteiger partial charge in [0.25, 0.3) is 11.9 Å². The second-order valence-corrected chi connectivity index (χ2v) is 5.85. The van der Waals surface area contributed by atoms with Crippen molar-refractivity contribution in [1.29, 1.82) is 0 Å². The largest absolute Gasteiger partial charge is 0.493 e. The standard InChI is InChI=1S/C15H20N6O2S/c1-4-21-19-14(18-20-21)17-15(24)16-13(22)11-5-7-12(8-6-11)23-9-10(2)3/h5-8,10H,4,9H2,1-3H3,(H2,16,17,19,22,24). The zero-order valence-electron chi connectivity index (χ0n) is 13.8. The summed E-state index contributed by atoms with van der Waals surface area (Å²) in [5, 5.41) is 17.0. The molecule has 0 aliphatic heterocycles. The van der Waals surface area contributed by atoms with E-state index in [1.807, 2.05) is 6.92 Å². The van der Waals surface area contributed by atoms with Gasteiger partial charge in [-0.25, -0.2) is 0 Å². The average Bonchev–Trinajstić information content (AvgIpc) is 3.00. The maximum absolute atomic E-state index is 12.1. The summed E-state index contributed by atoms with van der Waals surface area (Å²) in [4.78, 5) is 13.5. The Morgan fingerprint density at radius 2 is 2.04 bits per heavy atom. The van der Waals surface area contributed by atoms with Crippen molar-refractivity contribution >= 4 is 29.2 Å². The summed E-state index contributed by atoms with van der Waals surface area (Å²) in [7, 11) is 0. The van der Waals surface area contributed by atoms with Crippen LogP contribution in [0.25, 0.3) is 0 Å². The number of aryl methyl sites for hydroxylation is 1. The van der Waals surface area contributed by atoms with Crippen LogP contribution in [0.15, 0.2) is 24.3 Å². The Balaban J connectivity index is 1.87. The molecule has 0 spiro atoms. The van der Waals surface area contributed by atoms with Gasteiger partial charge in [0.2, 0.25) is 0 Å². The molecular formula is C15H20N6O2S. The number of benzene rings is 1. The highest BCUT2D eigenvalue weighted by atomic mass is 32.1. The third-order valence-corrected chi connectivity index (χ3v) is 3.09. The first-order chi connectivity index (χ1) is 11.5. The molecule has 2 rings (SSSR count). The van der Waals surface area contributed by atoms with Crippen molar-refractivity contribution < 1.29 is 9.53 Å². The Kier molecular flexibility index (Phi) is 6.19. The number of nitrogens with zero attached hydrogens (tertiary/aromatic N) is 4. The minimum absolute atomic E-state index is 0.107. The first kappa shape index (κ1) is 17.8. The summed E-state index contributed by atoms with van der Waals surface area (Å²) in [6.07, 6.45) is 0. The van der Waals surface area contributed by atoms with E-state index in [1.165, 1.54) is 4.80 Å². The first-order valence-corrected chi connectivity index (χ1v) is 8.01. The summed E-state index contributed by atoms with van der Waals surface area (Å²) in [5.74, 6) is 1.07. The Morgan fingerprint density at radius 1 is 1.33 bits per heavy atom. The van der Waals surface area contributed by atoms with E-state index in [-0.39, 0.29) is 17.0 Å². The summed E-state index contributed by atoms with van der Waals surface area (Å²) in [5.41, 5.74) is 0.473. The van der Waals surface area contributed by atoms with Crippen LogP contribution < -0.4 is 15.4 Å². The fourth-order valence-electron chi connectivity index (χ4n) is 1.70. The number of tetrazole rings is 1. The van der Waals surface area contributed by atoms with Crippen molar-refractivity contribution in [2.45, 2.75) is 27.3 Å². The van der Waals surface area contributed by atoms with Crippen molar-refractivity contribution in [2.75, 3.05) is 11.9 Å². The second-order valence-electron chi connectivity index (χ2n) is 5.44. The fraction of sp³-hybridized carbons (Fsp3) is 0.400. The maximum atomic E-state index is 12.1. The van der Waals surface area contributed by atoms with Gasteiger partial charge in [0, 0.05) is 5.56 Å². The molecule has 2 N–H and O–H groups in total. The predicted octanol–water partition coefficient (Wildman–Crippen LogP) is 1.85. The molecule has 9 heteroatoms. The quantitative estimate of drug-likeness (QED) is 0.769. The molecule has 1 amide bonds. The van der Waals surface area contributed by atoms with Gasteiger partial charge in [0.15, 0.2) is 5.11 Å². The van der Waals surface area contributed by atoms with Gasteiger partial charge in [0.05, 0.1) is 13.2 Å². The molecule has 1 aromatic carbocycles.